The van der Waals surface area contributed by atoms with Crippen LogP contribution >= 0.6 is 11.8 Å². The first-order chi connectivity index (χ1) is 8.13. The van der Waals surface area contributed by atoms with Crippen molar-refractivity contribution in [3.05, 3.63) is 0 Å². The molecule has 0 aliphatic carbocycles. The molecule has 0 heterocycles. The fourth-order valence-corrected chi connectivity index (χ4v) is 2.27. The van der Waals surface area contributed by atoms with E-state index in [0.29, 0.717) is 13.0 Å². The van der Waals surface area contributed by atoms with Gasteiger partial charge in [0, 0.05) is 13.3 Å². The summed E-state index contributed by atoms with van der Waals surface area (Å²) in [4.78, 5) is 10.4. The summed E-state index contributed by atoms with van der Waals surface area (Å²) in [5.74, 6) is 1.83. The molecule has 0 aromatic heterocycles. The highest BCUT2D eigenvalue weighted by molar-refractivity contribution is 7.99. The van der Waals surface area contributed by atoms with E-state index in [9.17, 15) is 13.6 Å². The van der Waals surface area contributed by atoms with Crippen LogP contribution in [0.4, 0.5) is 8.78 Å². The molecular weight excluding hydrogens is 246 g/mol. The topological polar surface area (TPSA) is 26.3 Å². The molecule has 0 rings (SSSR count). The summed E-state index contributed by atoms with van der Waals surface area (Å²) in [5, 5.41) is 0. The molecule has 0 N–H and O–H groups in total. The Morgan fingerprint density at radius 1 is 1.12 bits per heavy atom. The van der Waals surface area contributed by atoms with Crippen molar-refractivity contribution in [3.63, 3.8) is 0 Å². The molecule has 0 atom stereocenters. The number of carbonyl (C=O) groups excluding carboxylic acids is 1. The highest BCUT2D eigenvalue weighted by Gasteiger charge is 2.00. The first-order valence-corrected chi connectivity index (χ1v) is 7.27. The Hall–Kier alpha value is -0.320. The highest BCUT2D eigenvalue weighted by Crippen LogP contribution is 2.12. The van der Waals surface area contributed by atoms with Crippen LogP contribution in [-0.2, 0) is 9.53 Å². The number of rotatable bonds is 11. The van der Waals surface area contributed by atoms with Gasteiger partial charge in [0.2, 0.25) is 6.43 Å². The maximum Gasteiger partial charge on any atom is 0.302 e. The van der Waals surface area contributed by atoms with Gasteiger partial charge in [-0.2, -0.15) is 11.8 Å². The molecule has 0 aromatic rings. The average Bonchev–Trinajstić information content (AvgIpc) is 2.25. The lowest BCUT2D eigenvalue weighted by Crippen LogP contribution is -2.01. The third kappa shape index (κ3) is 15.7. The number of halogens is 2. The molecule has 0 aliphatic heterocycles. The second kappa shape index (κ2) is 12.1. The fourth-order valence-electron chi connectivity index (χ4n) is 1.34. The molecule has 0 saturated carbocycles. The van der Waals surface area contributed by atoms with Crippen LogP contribution in [0.3, 0.4) is 0 Å². The summed E-state index contributed by atoms with van der Waals surface area (Å²) >= 11 is 1.83. The summed E-state index contributed by atoms with van der Waals surface area (Å²) in [6.45, 7) is 1.91. The SMILES string of the molecule is CC(=O)OCCCSCCCCCCC(F)F. The zero-order valence-electron chi connectivity index (χ0n) is 10.4. The molecule has 102 valence electrons. The number of hydrogen-bond donors (Lipinski definition) is 0. The van der Waals surface area contributed by atoms with Crippen molar-refractivity contribution in [3.8, 4) is 0 Å². The Bertz CT molecular complexity index is 189. The van der Waals surface area contributed by atoms with Crippen LogP contribution in [0.2, 0.25) is 0 Å². The molecular formula is C12H22F2O2S. The third-order valence-electron chi connectivity index (χ3n) is 2.20. The number of hydrogen-bond acceptors (Lipinski definition) is 3. The van der Waals surface area contributed by atoms with E-state index in [4.69, 9.17) is 4.74 Å². The van der Waals surface area contributed by atoms with E-state index in [1.807, 2.05) is 11.8 Å². The molecule has 17 heavy (non-hydrogen) atoms. The molecule has 0 amide bonds. The minimum Gasteiger partial charge on any atom is -0.466 e. The minimum atomic E-state index is -2.15. The van der Waals surface area contributed by atoms with Gasteiger partial charge in [0.15, 0.2) is 0 Å². The summed E-state index contributed by atoms with van der Waals surface area (Å²) in [7, 11) is 0. The molecule has 0 saturated heterocycles. The normalized spacial score (nSPS) is 10.8. The van der Waals surface area contributed by atoms with Gasteiger partial charge in [-0.25, -0.2) is 8.78 Å². The highest BCUT2D eigenvalue weighted by atomic mass is 32.2. The van der Waals surface area contributed by atoms with Crippen molar-refractivity contribution < 1.29 is 18.3 Å². The summed E-state index contributed by atoms with van der Waals surface area (Å²) < 4.78 is 28.4. The summed E-state index contributed by atoms with van der Waals surface area (Å²) in [5.41, 5.74) is 0. The lowest BCUT2D eigenvalue weighted by molar-refractivity contribution is -0.140. The van der Waals surface area contributed by atoms with Crippen molar-refractivity contribution in [2.75, 3.05) is 18.1 Å². The Labute approximate surface area is 106 Å². The molecule has 0 spiro atoms. The van der Waals surface area contributed by atoms with E-state index < -0.39 is 6.43 Å². The van der Waals surface area contributed by atoms with Crippen molar-refractivity contribution in [2.45, 2.75) is 51.9 Å². The summed E-state index contributed by atoms with van der Waals surface area (Å²) in [6, 6.07) is 0. The maximum absolute atomic E-state index is 11.8. The number of carbonyl (C=O) groups is 1. The van der Waals surface area contributed by atoms with Gasteiger partial charge in [-0.1, -0.05) is 12.8 Å². The van der Waals surface area contributed by atoms with Crippen LogP contribution in [-0.4, -0.2) is 30.5 Å². The number of thioether (sulfide) groups is 1. The quantitative estimate of drug-likeness (QED) is 0.420. The van der Waals surface area contributed by atoms with Gasteiger partial charge in [0.05, 0.1) is 6.61 Å². The zero-order valence-corrected chi connectivity index (χ0v) is 11.2. The molecule has 0 fully saturated rings. The number of esters is 1. The second-order valence-electron chi connectivity index (χ2n) is 3.90. The van der Waals surface area contributed by atoms with Crippen molar-refractivity contribution in [2.24, 2.45) is 0 Å². The second-order valence-corrected chi connectivity index (χ2v) is 5.12. The number of alkyl halides is 2. The van der Waals surface area contributed by atoms with Crippen LogP contribution in [0.15, 0.2) is 0 Å². The minimum absolute atomic E-state index is 0.0372. The van der Waals surface area contributed by atoms with Crippen LogP contribution in [0.25, 0.3) is 0 Å². The smallest absolute Gasteiger partial charge is 0.302 e. The van der Waals surface area contributed by atoms with Crippen LogP contribution in [0.1, 0.15) is 45.4 Å². The molecule has 2 nitrogen and oxygen atoms in total. The zero-order chi connectivity index (χ0) is 12.9. The van der Waals surface area contributed by atoms with Crippen molar-refractivity contribution >= 4 is 17.7 Å². The fraction of sp³-hybridized carbons (Fsp3) is 0.917. The Morgan fingerprint density at radius 2 is 1.76 bits per heavy atom. The van der Waals surface area contributed by atoms with Gasteiger partial charge in [-0.15, -0.1) is 0 Å². The molecule has 5 heteroatoms. The predicted octanol–water partition coefficient (Wildman–Crippen LogP) is 3.89. The van der Waals surface area contributed by atoms with Crippen LogP contribution in [0.5, 0.6) is 0 Å². The van der Waals surface area contributed by atoms with E-state index in [2.05, 4.69) is 0 Å². The third-order valence-corrected chi connectivity index (χ3v) is 3.35. The van der Waals surface area contributed by atoms with Crippen molar-refractivity contribution in [1.82, 2.24) is 0 Å². The molecule has 0 bridgehead atoms. The van der Waals surface area contributed by atoms with Gasteiger partial charge in [-0.05, 0) is 30.8 Å². The van der Waals surface area contributed by atoms with E-state index >= 15 is 0 Å². The largest absolute Gasteiger partial charge is 0.466 e. The lowest BCUT2D eigenvalue weighted by Gasteiger charge is -2.03. The van der Waals surface area contributed by atoms with Gasteiger partial charge in [-0.3, -0.25) is 4.79 Å². The van der Waals surface area contributed by atoms with Crippen molar-refractivity contribution in [1.29, 1.82) is 0 Å². The Morgan fingerprint density at radius 3 is 2.41 bits per heavy atom. The first-order valence-electron chi connectivity index (χ1n) is 6.12. The maximum atomic E-state index is 11.8. The van der Waals surface area contributed by atoms with E-state index in [1.54, 1.807) is 0 Å². The molecule has 0 aliphatic rings. The van der Waals surface area contributed by atoms with Crippen LogP contribution < -0.4 is 0 Å². The average molecular weight is 268 g/mol. The number of ether oxygens (including phenoxy) is 1. The Balaban J connectivity index is 2.96. The van der Waals surface area contributed by atoms with Gasteiger partial charge >= 0.3 is 5.97 Å². The molecule has 0 radical (unpaired) electrons. The molecule has 0 unspecified atom stereocenters. The molecule has 0 aromatic carbocycles. The van der Waals surface area contributed by atoms with E-state index in [0.717, 1.165) is 37.2 Å². The first kappa shape index (κ1) is 16.7. The van der Waals surface area contributed by atoms with Crippen LogP contribution in [0, 0.1) is 0 Å². The van der Waals surface area contributed by atoms with E-state index in [1.165, 1.54) is 6.92 Å². The van der Waals surface area contributed by atoms with E-state index in [-0.39, 0.29) is 12.4 Å². The summed E-state index contributed by atoms with van der Waals surface area (Å²) in [6.07, 6.45) is 2.43. The number of unbranched alkanes of at least 4 members (excludes halogenated alkanes) is 3. The predicted molar refractivity (Wildman–Crippen MR) is 67.7 cm³/mol. The monoisotopic (exact) mass is 268 g/mol. The lowest BCUT2D eigenvalue weighted by atomic mass is 10.2. The Kier molecular flexibility index (Phi) is 11.9. The standard InChI is InChI=1S/C12H22F2O2S/c1-11(15)16-8-6-10-17-9-5-3-2-4-7-12(13)14/h12H,2-10H2,1H3. The van der Waals surface area contributed by atoms with Gasteiger partial charge in [0.25, 0.3) is 0 Å². The van der Waals surface area contributed by atoms with Gasteiger partial charge < -0.3 is 4.74 Å². The van der Waals surface area contributed by atoms with Gasteiger partial charge in [0.1, 0.15) is 0 Å².